The maximum atomic E-state index is 12.0. The number of likely N-dealkylation sites (tertiary alicyclic amines) is 1. The van der Waals surface area contributed by atoms with Gasteiger partial charge in [-0.1, -0.05) is 20.8 Å². The number of hydrogen-bond acceptors (Lipinski definition) is 3. The fraction of sp³-hybridized carbons (Fsp3) is 0.857. The van der Waals surface area contributed by atoms with E-state index >= 15 is 0 Å². The Hall–Kier alpha value is -1.10. The van der Waals surface area contributed by atoms with E-state index in [1.54, 1.807) is 4.90 Å². The van der Waals surface area contributed by atoms with Gasteiger partial charge in [-0.2, -0.15) is 0 Å². The lowest BCUT2D eigenvalue weighted by molar-refractivity contribution is -0.151. The van der Waals surface area contributed by atoms with Gasteiger partial charge in [0.25, 0.3) is 0 Å². The number of amides is 1. The lowest BCUT2D eigenvalue weighted by Crippen LogP contribution is -2.41. The Bertz CT molecular complexity index is 342. The molecule has 1 fully saturated rings. The second kappa shape index (κ2) is 6.37. The number of carboxylic acids is 1. The summed E-state index contributed by atoms with van der Waals surface area (Å²) in [5.74, 6) is -0.900. The minimum Gasteiger partial charge on any atom is -0.481 e. The van der Waals surface area contributed by atoms with E-state index in [1.807, 2.05) is 27.7 Å². The molecule has 1 aliphatic rings. The van der Waals surface area contributed by atoms with E-state index in [9.17, 15) is 14.7 Å². The summed E-state index contributed by atoms with van der Waals surface area (Å²) in [6.07, 6.45) is 1.44. The molecule has 5 nitrogen and oxygen atoms in total. The minimum absolute atomic E-state index is 0.0123. The van der Waals surface area contributed by atoms with E-state index in [0.717, 1.165) is 6.42 Å². The van der Waals surface area contributed by atoms with Crippen molar-refractivity contribution in [2.75, 3.05) is 19.7 Å². The third-order valence-corrected chi connectivity index (χ3v) is 4.25. The van der Waals surface area contributed by atoms with Crippen molar-refractivity contribution < 1.29 is 19.4 Å². The summed E-state index contributed by atoms with van der Waals surface area (Å²) >= 11 is 0. The zero-order valence-electron chi connectivity index (χ0n) is 12.3. The van der Waals surface area contributed by atoms with Crippen LogP contribution in [0.4, 0.5) is 0 Å². The quantitative estimate of drug-likeness (QED) is 0.799. The molecule has 1 heterocycles. The Morgan fingerprint density at radius 1 is 1.37 bits per heavy atom. The largest absolute Gasteiger partial charge is 0.481 e. The summed E-state index contributed by atoms with van der Waals surface area (Å²) in [5.41, 5.74) is -0.800. The molecule has 1 saturated heterocycles. The highest BCUT2D eigenvalue weighted by molar-refractivity contribution is 5.81. The average molecular weight is 271 g/mol. The third kappa shape index (κ3) is 3.47. The summed E-state index contributed by atoms with van der Waals surface area (Å²) in [6, 6.07) is 0. The molecule has 0 aromatic heterocycles. The number of rotatable bonds is 6. The van der Waals surface area contributed by atoms with Crippen LogP contribution in [0, 0.1) is 11.3 Å². The molecular formula is C14H25NO4. The number of hydrogen-bond donors (Lipinski definition) is 1. The van der Waals surface area contributed by atoms with Crippen LogP contribution in [0.1, 0.15) is 40.5 Å². The van der Waals surface area contributed by atoms with Crippen molar-refractivity contribution in [2.45, 2.75) is 46.6 Å². The van der Waals surface area contributed by atoms with E-state index in [-0.39, 0.29) is 24.5 Å². The van der Waals surface area contributed by atoms with Crippen molar-refractivity contribution in [1.82, 2.24) is 4.90 Å². The van der Waals surface area contributed by atoms with Gasteiger partial charge in [-0.15, -0.1) is 0 Å². The molecule has 110 valence electrons. The summed E-state index contributed by atoms with van der Waals surface area (Å²) in [7, 11) is 0. The topological polar surface area (TPSA) is 66.8 Å². The highest BCUT2D eigenvalue weighted by Crippen LogP contribution is 2.38. The number of carbonyl (C=O) groups is 2. The van der Waals surface area contributed by atoms with Gasteiger partial charge in [-0.3, -0.25) is 9.59 Å². The standard InChI is InChI=1S/C14H25NO4/c1-5-11(4)19-8-12(16)15-7-6-14(9-15,10(2)3)13(17)18/h10-11H,5-9H2,1-4H3,(H,17,18). The van der Waals surface area contributed by atoms with Crippen LogP contribution >= 0.6 is 0 Å². The molecule has 0 aliphatic carbocycles. The highest BCUT2D eigenvalue weighted by Gasteiger charge is 2.48. The molecule has 2 unspecified atom stereocenters. The summed E-state index contributed by atoms with van der Waals surface area (Å²) in [5, 5.41) is 9.42. The SMILES string of the molecule is CCC(C)OCC(=O)N1CCC(C(=O)O)(C(C)C)C1. The van der Waals surface area contributed by atoms with Crippen LogP contribution in [0.2, 0.25) is 0 Å². The zero-order valence-corrected chi connectivity index (χ0v) is 12.3. The molecule has 0 aromatic carbocycles. The lowest BCUT2D eigenvalue weighted by atomic mass is 9.76. The first-order valence-corrected chi connectivity index (χ1v) is 6.96. The van der Waals surface area contributed by atoms with Gasteiger partial charge in [0.15, 0.2) is 0 Å². The normalized spacial score (nSPS) is 24.8. The number of carbonyl (C=O) groups excluding carboxylic acids is 1. The number of carboxylic acid groups (broad SMARTS) is 1. The van der Waals surface area contributed by atoms with Gasteiger partial charge in [-0.25, -0.2) is 0 Å². The average Bonchev–Trinajstić information content (AvgIpc) is 2.81. The predicted octanol–water partition coefficient (Wildman–Crippen LogP) is 1.76. The van der Waals surface area contributed by atoms with Crippen molar-refractivity contribution >= 4 is 11.9 Å². The van der Waals surface area contributed by atoms with E-state index in [1.165, 1.54) is 0 Å². The number of nitrogens with zero attached hydrogens (tertiary/aromatic N) is 1. The summed E-state index contributed by atoms with van der Waals surface area (Å²) in [4.78, 5) is 25.1. The van der Waals surface area contributed by atoms with E-state index in [2.05, 4.69) is 0 Å². The van der Waals surface area contributed by atoms with Crippen molar-refractivity contribution in [3.8, 4) is 0 Å². The Morgan fingerprint density at radius 2 is 2.00 bits per heavy atom. The molecule has 19 heavy (non-hydrogen) atoms. The zero-order chi connectivity index (χ0) is 14.6. The molecule has 1 N–H and O–H groups in total. The lowest BCUT2D eigenvalue weighted by Gasteiger charge is -2.28. The van der Waals surface area contributed by atoms with Crippen LogP contribution in [0.3, 0.4) is 0 Å². The summed E-state index contributed by atoms with van der Waals surface area (Å²) < 4.78 is 5.42. The number of ether oxygens (including phenoxy) is 1. The fourth-order valence-corrected chi connectivity index (χ4v) is 2.36. The van der Waals surface area contributed by atoms with Gasteiger partial charge in [0.2, 0.25) is 5.91 Å². The monoisotopic (exact) mass is 271 g/mol. The molecule has 1 rings (SSSR count). The van der Waals surface area contributed by atoms with Crippen LogP contribution in [0.15, 0.2) is 0 Å². The molecule has 0 aromatic rings. The highest BCUT2D eigenvalue weighted by atomic mass is 16.5. The van der Waals surface area contributed by atoms with Gasteiger partial charge in [0.1, 0.15) is 6.61 Å². The molecule has 1 amide bonds. The van der Waals surface area contributed by atoms with Crippen LogP contribution in [-0.4, -0.2) is 47.7 Å². The van der Waals surface area contributed by atoms with Crippen LogP contribution in [-0.2, 0) is 14.3 Å². The third-order valence-electron chi connectivity index (χ3n) is 4.25. The Balaban J connectivity index is 2.59. The maximum Gasteiger partial charge on any atom is 0.311 e. The maximum absolute atomic E-state index is 12.0. The number of aliphatic carboxylic acids is 1. The van der Waals surface area contributed by atoms with Crippen molar-refractivity contribution in [2.24, 2.45) is 11.3 Å². The van der Waals surface area contributed by atoms with Gasteiger partial charge in [0, 0.05) is 13.1 Å². The molecule has 0 spiro atoms. The molecule has 5 heteroatoms. The second-order valence-corrected chi connectivity index (χ2v) is 5.71. The predicted molar refractivity (Wildman–Crippen MR) is 71.8 cm³/mol. The first-order valence-electron chi connectivity index (χ1n) is 6.96. The smallest absolute Gasteiger partial charge is 0.311 e. The van der Waals surface area contributed by atoms with Crippen molar-refractivity contribution in [3.63, 3.8) is 0 Å². The van der Waals surface area contributed by atoms with E-state index in [0.29, 0.717) is 19.5 Å². The van der Waals surface area contributed by atoms with E-state index in [4.69, 9.17) is 4.74 Å². The van der Waals surface area contributed by atoms with Crippen LogP contribution in [0.25, 0.3) is 0 Å². The Kier molecular flexibility index (Phi) is 5.35. The molecule has 1 aliphatic heterocycles. The summed E-state index contributed by atoms with van der Waals surface area (Å²) in [6.45, 7) is 8.57. The van der Waals surface area contributed by atoms with Gasteiger partial charge < -0.3 is 14.7 Å². The fourth-order valence-electron chi connectivity index (χ4n) is 2.36. The van der Waals surface area contributed by atoms with Gasteiger partial charge >= 0.3 is 5.97 Å². The second-order valence-electron chi connectivity index (χ2n) is 5.71. The Labute approximate surface area is 114 Å². The van der Waals surface area contributed by atoms with Crippen molar-refractivity contribution in [1.29, 1.82) is 0 Å². The molecule has 0 bridgehead atoms. The first-order chi connectivity index (χ1) is 8.83. The first kappa shape index (κ1) is 16.0. The Morgan fingerprint density at radius 3 is 2.42 bits per heavy atom. The van der Waals surface area contributed by atoms with Crippen molar-refractivity contribution in [3.05, 3.63) is 0 Å². The van der Waals surface area contributed by atoms with Crippen LogP contribution in [0.5, 0.6) is 0 Å². The molecule has 2 atom stereocenters. The minimum atomic E-state index is -0.805. The van der Waals surface area contributed by atoms with Gasteiger partial charge in [0.05, 0.1) is 11.5 Å². The molecule has 0 radical (unpaired) electrons. The molecular weight excluding hydrogens is 246 g/mol. The van der Waals surface area contributed by atoms with E-state index < -0.39 is 11.4 Å². The molecule has 0 saturated carbocycles. The van der Waals surface area contributed by atoms with Gasteiger partial charge in [-0.05, 0) is 25.7 Å². The van der Waals surface area contributed by atoms with Crippen LogP contribution < -0.4 is 0 Å².